The van der Waals surface area contributed by atoms with E-state index >= 15 is 0 Å². The van der Waals surface area contributed by atoms with Crippen molar-refractivity contribution < 1.29 is 5.11 Å². The van der Waals surface area contributed by atoms with Crippen molar-refractivity contribution in [2.75, 3.05) is 13.2 Å². The van der Waals surface area contributed by atoms with E-state index in [1.807, 2.05) is 6.92 Å². The number of nitrogens with one attached hydrogen (secondary N) is 2. The van der Waals surface area contributed by atoms with E-state index in [4.69, 9.17) is 10.8 Å². The van der Waals surface area contributed by atoms with Gasteiger partial charge in [0.15, 0.2) is 0 Å². The number of aliphatic hydroxyl groups is 1. The molecule has 0 saturated carbocycles. The standard InChI is InChI=1S/C6H16N4O2/c1-2-3-8-9-6(7)5(4-11)10-12/h5-6,8-9,11H,2-4,7H2,1H3. The zero-order valence-corrected chi connectivity index (χ0v) is 7.16. The van der Waals surface area contributed by atoms with E-state index in [2.05, 4.69) is 16.0 Å². The van der Waals surface area contributed by atoms with Gasteiger partial charge in [-0.25, -0.2) is 5.43 Å². The number of hydrogen-bond donors (Lipinski definition) is 4. The molecule has 0 radical (unpaired) electrons. The van der Waals surface area contributed by atoms with Crippen molar-refractivity contribution in [3.05, 3.63) is 4.91 Å². The Labute approximate surface area is 71.5 Å². The number of nitrogens with zero attached hydrogens (tertiary/aromatic N) is 1. The first-order valence-corrected chi connectivity index (χ1v) is 3.93. The van der Waals surface area contributed by atoms with Gasteiger partial charge in [-0.2, -0.15) is 4.91 Å². The van der Waals surface area contributed by atoms with Crippen molar-refractivity contribution in [1.82, 2.24) is 10.9 Å². The SMILES string of the molecule is CCCNNC(N)C(CO)N=O. The lowest BCUT2D eigenvalue weighted by atomic mass is 10.3. The normalized spacial score (nSPS) is 15.6. The lowest BCUT2D eigenvalue weighted by molar-refractivity contribution is 0.230. The predicted molar refractivity (Wildman–Crippen MR) is 46.1 cm³/mol. The van der Waals surface area contributed by atoms with Crippen molar-refractivity contribution in [2.24, 2.45) is 10.9 Å². The van der Waals surface area contributed by atoms with Crippen molar-refractivity contribution in [1.29, 1.82) is 0 Å². The second kappa shape index (κ2) is 7.11. The Morgan fingerprint density at radius 2 is 2.33 bits per heavy atom. The molecule has 5 N–H and O–H groups in total. The Morgan fingerprint density at radius 1 is 1.67 bits per heavy atom. The van der Waals surface area contributed by atoms with Crippen molar-refractivity contribution >= 4 is 0 Å². The summed E-state index contributed by atoms with van der Waals surface area (Å²) in [6.07, 6.45) is 0.317. The number of nitroso groups, excluding NO2 is 1. The molecule has 0 fully saturated rings. The van der Waals surface area contributed by atoms with Crippen LogP contribution < -0.4 is 16.6 Å². The van der Waals surface area contributed by atoms with Gasteiger partial charge in [0.25, 0.3) is 0 Å². The van der Waals surface area contributed by atoms with Crippen LogP contribution in [0.3, 0.4) is 0 Å². The van der Waals surface area contributed by atoms with Crippen LogP contribution in [-0.4, -0.2) is 30.5 Å². The van der Waals surface area contributed by atoms with E-state index in [9.17, 15) is 4.91 Å². The maximum absolute atomic E-state index is 10.1. The molecule has 0 bridgehead atoms. The average molecular weight is 176 g/mol. The highest BCUT2D eigenvalue weighted by Gasteiger charge is 2.15. The Morgan fingerprint density at radius 3 is 2.75 bits per heavy atom. The third kappa shape index (κ3) is 4.35. The van der Waals surface area contributed by atoms with E-state index in [1.165, 1.54) is 0 Å². The number of aliphatic hydroxyl groups excluding tert-OH is 1. The smallest absolute Gasteiger partial charge is 0.144 e. The Kier molecular flexibility index (Phi) is 6.78. The highest BCUT2D eigenvalue weighted by molar-refractivity contribution is 4.74. The molecule has 0 saturated heterocycles. The van der Waals surface area contributed by atoms with Crippen LogP contribution in [0.5, 0.6) is 0 Å². The molecule has 6 heteroatoms. The van der Waals surface area contributed by atoms with Gasteiger partial charge in [0.1, 0.15) is 6.04 Å². The molecule has 0 aromatic carbocycles. The minimum Gasteiger partial charge on any atom is -0.394 e. The molecule has 0 heterocycles. The minimum absolute atomic E-state index is 0.342. The largest absolute Gasteiger partial charge is 0.394 e. The summed E-state index contributed by atoms with van der Waals surface area (Å²) in [7, 11) is 0. The van der Waals surface area contributed by atoms with Crippen LogP contribution in [0.1, 0.15) is 13.3 Å². The summed E-state index contributed by atoms with van der Waals surface area (Å²) < 4.78 is 0. The third-order valence-electron chi connectivity index (χ3n) is 1.38. The molecule has 0 aromatic heterocycles. The molecule has 6 nitrogen and oxygen atoms in total. The van der Waals surface area contributed by atoms with E-state index < -0.39 is 12.2 Å². The molecular weight excluding hydrogens is 160 g/mol. The van der Waals surface area contributed by atoms with Gasteiger partial charge in [0, 0.05) is 6.54 Å². The monoisotopic (exact) mass is 176 g/mol. The van der Waals surface area contributed by atoms with Crippen LogP contribution in [0, 0.1) is 4.91 Å². The Hall–Kier alpha value is -0.560. The summed E-state index contributed by atoms with van der Waals surface area (Å²) >= 11 is 0. The first kappa shape index (κ1) is 11.4. The molecule has 0 aliphatic heterocycles. The Balaban J connectivity index is 3.53. The molecule has 0 aliphatic carbocycles. The summed E-state index contributed by atoms with van der Waals surface area (Å²) in [5.74, 6) is 0. The van der Waals surface area contributed by atoms with E-state index in [0.29, 0.717) is 0 Å². The van der Waals surface area contributed by atoms with E-state index in [0.717, 1.165) is 13.0 Å². The first-order valence-electron chi connectivity index (χ1n) is 3.93. The molecule has 0 aromatic rings. The van der Waals surface area contributed by atoms with Crippen LogP contribution in [0.2, 0.25) is 0 Å². The van der Waals surface area contributed by atoms with Gasteiger partial charge >= 0.3 is 0 Å². The van der Waals surface area contributed by atoms with Crippen molar-refractivity contribution in [3.8, 4) is 0 Å². The van der Waals surface area contributed by atoms with Gasteiger partial charge in [-0.05, 0) is 6.42 Å². The number of hydrazine groups is 1. The summed E-state index contributed by atoms with van der Waals surface area (Å²) in [4.78, 5) is 10.1. The summed E-state index contributed by atoms with van der Waals surface area (Å²) in [5.41, 5.74) is 10.9. The van der Waals surface area contributed by atoms with Crippen molar-refractivity contribution in [3.63, 3.8) is 0 Å². The highest BCUT2D eigenvalue weighted by atomic mass is 16.3. The van der Waals surface area contributed by atoms with Gasteiger partial charge in [-0.1, -0.05) is 12.1 Å². The van der Waals surface area contributed by atoms with Crippen LogP contribution >= 0.6 is 0 Å². The number of hydrogen-bond acceptors (Lipinski definition) is 6. The zero-order chi connectivity index (χ0) is 9.40. The fourth-order valence-corrected chi connectivity index (χ4v) is 0.624. The molecule has 0 spiro atoms. The summed E-state index contributed by atoms with van der Waals surface area (Å²) in [5, 5.41) is 11.3. The average Bonchev–Trinajstić information content (AvgIpc) is 2.07. The summed E-state index contributed by atoms with van der Waals surface area (Å²) in [6.45, 7) is 2.41. The topological polar surface area (TPSA) is 99.7 Å². The molecule has 0 aliphatic rings. The van der Waals surface area contributed by atoms with Crippen LogP contribution in [0.4, 0.5) is 0 Å². The second-order valence-corrected chi connectivity index (χ2v) is 2.45. The van der Waals surface area contributed by atoms with E-state index in [1.54, 1.807) is 0 Å². The number of rotatable bonds is 7. The van der Waals surface area contributed by atoms with Gasteiger partial charge in [-0.3, -0.25) is 5.43 Å². The fraction of sp³-hybridized carbons (Fsp3) is 1.00. The molecule has 12 heavy (non-hydrogen) atoms. The van der Waals surface area contributed by atoms with Gasteiger partial charge in [0.05, 0.1) is 12.8 Å². The molecule has 2 unspecified atom stereocenters. The minimum atomic E-state index is -0.797. The molecular formula is C6H16N4O2. The Bertz CT molecular complexity index is 122. The first-order chi connectivity index (χ1) is 5.76. The lowest BCUT2D eigenvalue weighted by Gasteiger charge is -2.17. The van der Waals surface area contributed by atoms with Gasteiger partial charge in [-0.15, -0.1) is 0 Å². The molecule has 72 valence electrons. The van der Waals surface area contributed by atoms with E-state index in [-0.39, 0.29) is 6.61 Å². The predicted octanol–water partition coefficient (Wildman–Crippen LogP) is -1.10. The molecule has 2 atom stereocenters. The van der Waals surface area contributed by atoms with Crippen LogP contribution in [0.25, 0.3) is 0 Å². The second-order valence-electron chi connectivity index (χ2n) is 2.45. The quantitative estimate of drug-likeness (QED) is 0.171. The van der Waals surface area contributed by atoms with Gasteiger partial charge < -0.3 is 10.8 Å². The lowest BCUT2D eigenvalue weighted by Crippen LogP contribution is -2.53. The molecule has 0 rings (SSSR count). The summed E-state index contributed by atoms with van der Waals surface area (Å²) in [6, 6.07) is -0.797. The van der Waals surface area contributed by atoms with Gasteiger partial charge in [0.2, 0.25) is 0 Å². The zero-order valence-electron chi connectivity index (χ0n) is 7.16. The molecule has 0 amide bonds. The van der Waals surface area contributed by atoms with Crippen LogP contribution in [0.15, 0.2) is 5.18 Å². The maximum Gasteiger partial charge on any atom is 0.144 e. The highest BCUT2D eigenvalue weighted by Crippen LogP contribution is 1.90. The van der Waals surface area contributed by atoms with Crippen LogP contribution in [-0.2, 0) is 0 Å². The third-order valence-corrected chi connectivity index (χ3v) is 1.38. The number of nitrogens with two attached hydrogens (primary N) is 1. The maximum atomic E-state index is 10.1. The fourth-order valence-electron chi connectivity index (χ4n) is 0.624. The van der Waals surface area contributed by atoms with Crippen molar-refractivity contribution in [2.45, 2.75) is 25.6 Å².